The first-order chi connectivity index (χ1) is 11.2. The third-order valence-corrected chi connectivity index (χ3v) is 6.43. The highest BCUT2D eigenvalue weighted by Crippen LogP contribution is 2.38. The van der Waals surface area contributed by atoms with E-state index in [1.54, 1.807) is 0 Å². The van der Waals surface area contributed by atoms with Crippen LogP contribution in [0.2, 0.25) is 0 Å². The number of hydrogen-bond acceptors (Lipinski definition) is 5. The van der Waals surface area contributed by atoms with Crippen LogP contribution in [0.5, 0.6) is 0 Å². The van der Waals surface area contributed by atoms with E-state index in [9.17, 15) is 18.3 Å². The number of carbonyl (C=O) groups excluding carboxylic acids is 1. The monoisotopic (exact) mass is 360 g/mol. The highest BCUT2D eigenvalue weighted by Gasteiger charge is 2.43. The molecule has 1 atom stereocenters. The topological polar surface area (TPSA) is 95.9 Å². The summed E-state index contributed by atoms with van der Waals surface area (Å²) in [6, 6.07) is -0.0910. The normalized spacial score (nSPS) is 29.2. The largest absolute Gasteiger partial charge is 0.389 e. The Bertz CT molecular complexity index is 579. The molecule has 1 saturated carbocycles. The molecule has 24 heavy (non-hydrogen) atoms. The van der Waals surface area contributed by atoms with Gasteiger partial charge in [-0.25, -0.2) is 13.1 Å². The maximum atomic E-state index is 12.4. The third kappa shape index (κ3) is 4.28. The van der Waals surface area contributed by atoms with Gasteiger partial charge in [-0.3, -0.25) is 4.79 Å². The number of likely N-dealkylation sites (tertiary alicyclic amines) is 1. The zero-order valence-corrected chi connectivity index (χ0v) is 15.1. The summed E-state index contributed by atoms with van der Waals surface area (Å²) in [5.74, 6) is 0.0219. The number of ether oxygens (including phenoxy) is 1. The summed E-state index contributed by atoms with van der Waals surface area (Å²) < 4.78 is 31.6. The van der Waals surface area contributed by atoms with Gasteiger partial charge in [-0.2, -0.15) is 0 Å². The standard InChI is InChI=1S/C16H28N2O5S/c1-24(21,22)17-13-3-10-23-16(11-13)6-8-18(9-7-16)14(19)12-15(20)4-2-5-15/h13,17,20H,2-12H2,1H3. The molecule has 0 aromatic carbocycles. The number of sulfonamides is 1. The van der Waals surface area contributed by atoms with Gasteiger partial charge in [0.15, 0.2) is 0 Å². The van der Waals surface area contributed by atoms with Crippen molar-refractivity contribution in [1.29, 1.82) is 0 Å². The van der Waals surface area contributed by atoms with Gasteiger partial charge in [0.05, 0.1) is 23.9 Å². The van der Waals surface area contributed by atoms with Gasteiger partial charge in [0, 0.05) is 25.7 Å². The van der Waals surface area contributed by atoms with Crippen molar-refractivity contribution in [3.63, 3.8) is 0 Å². The van der Waals surface area contributed by atoms with Gasteiger partial charge in [-0.15, -0.1) is 0 Å². The molecule has 2 heterocycles. The second-order valence-corrected chi connectivity index (χ2v) is 9.53. The van der Waals surface area contributed by atoms with Crippen LogP contribution in [0.25, 0.3) is 0 Å². The number of carbonyl (C=O) groups is 1. The molecule has 2 aliphatic heterocycles. The summed E-state index contributed by atoms with van der Waals surface area (Å²) in [5, 5.41) is 10.2. The van der Waals surface area contributed by atoms with Crippen molar-refractivity contribution < 1.29 is 23.1 Å². The van der Waals surface area contributed by atoms with Gasteiger partial charge in [0.1, 0.15) is 0 Å². The fourth-order valence-electron chi connectivity index (χ4n) is 4.10. The van der Waals surface area contributed by atoms with Crippen LogP contribution < -0.4 is 4.72 Å². The third-order valence-electron chi connectivity index (χ3n) is 5.67. The number of nitrogens with one attached hydrogen (secondary N) is 1. The van der Waals surface area contributed by atoms with Gasteiger partial charge in [-0.05, 0) is 44.9 Å². The van der Waals surface area contributed by atoms with Gasteiger partial charge in [0.2, 0.25) is 15.9 Å². The van der Waals surface area contributed by atoms with Crippen LogP contribution in [0.3, 0.4) is 0 Å². The van der Waals surface area contributed by atoms with E-state index >= 15 is 0 Å². The molecule has 1 spiro atoms. The molecule has 2 N–H and O–H groups in total. The summed E-state index contributed by atoms with van der Waals surface area (Å²) in [4.78, 5) is 14.2. The molecule has 1 unspecified atom stereocenters. The molecule has 2 saturated heterocycles. The molecule has 1 amide bonds. The first-order valence-electron chi connectivity index (χ1n) is 8.80. The van der Waals surface area contributed by atoms with E-state index in [0.29, 0.717) is 32.5 Å². The Morgan fingerprint density at radius 2 is 1.96 bits per heavy atom. The molecule has 0 radical (unpaired) electrons. The lowest BCUT2D eigenvalue weighted by Crippen LogP contribution is -2.55. The van der Waals surface area contributed by atoms with Crippen molar-refractivity contribution in [3.05, 3.63) is 0 Å². The smallest absolute Gasteiger partial charge is 0.225 e. The highest BCUT2D eigenvalue weighted by molar-refractivity contribution is 7.88. The minimum Gasteiger partial charge on any atom is -0.389 e. The van der Waals surface area contributed by atoms with Crippen LogP contribution in [0.4, 0.5) is 0 Å². The Morgan fingerprint density at radius 1 is 1.29 bits per heavy atom. The molecule has 7 nitrogen and oxygen atoms in total. The summed E-state index contributed by atoms with van der Waals surface area (Å²) in [6.07, 6.45) is 6.63. The minimum absolute atomic E-state index is 0.0219. The van der Waals surface area contributed by atoms with Crippen LogP contribution in [0.15, 0.2) is 0 Å². The lowest BCUT2D eigenvalue weighted by molar-refractivity contribution is -0.151. The van der Waals surface area contributed by atoms with Crippen LogP contribution in [0, 0.1) is 0 Å². The fourth-order valence-corrected chi connectivity index (χ4v) is 4.90. The molecule has 0 aromatic rings. The van der Waals surface area contributed by atoms with E-state index in [0.717, 1.165) is 32.1 Å². The van der Waals surface area contributed by atoms with Crippen LogP contribution >= 0.6 is 0 Å². The molecule has 1 aliphatic carbocycles. The first kappa shape index (κ1) is 18.1. The second-order valence-electron chi connectivity index (χ2n) is 7.75. The van der Waals surface area contributed by atoms with Crippen LogP contribution in [-0.4, -0.2) is 67.5 Å². The molecule has 3 aliphatic rings. The average molecular weight is 360 g/mol. The van der Waals surface area contributed by atoms with E-state index in [1.807, 2.05) is 4.90 Å². The van der Waals surface area contributed by atoms with Crippen molar-refractivity contribution in [2.45, 2.75) is 68.6 Å². The Balaban J connectivity index is 1.52. The van der Waals surface area contributed by atoms with Gasteiger partial charge >= 0.3 is 0 Å². The molecular weight excluding hydrogens is 332 g/mol. The van der Waals surface area contributed by atoms with Gasteiger partial charge < -0.3 is 14.7 Å². The lowest BCUT2D eigenvalue weighted by Gasteiger charge is -2.47. The number of aliphatic hydroxyl groups is 1. The minimum atomic E-state index is -3.22. The maximum absolute atomic E-state index is 12.4. The molecule has 8 heteroatoms. The lowest BCUT2D eigenvalue weighted by atomic mass is 9.77. The molecule has 138 valence electrons. The van der Waals surface area contributed by atoms with Gasteiger partial charge in [-0.1, -0.05) is 0 Å². The van der Waals surface area contributed by atoms with E-state index in [1.165, 1.54) is 6.26 Å². The molecule has 3 rings (SSSR count). The molecule has 0 bridgehead atoms. The van der Waals surface area contributed by atoms with Crippen molar-refractivity contribution in [2.75, 3.05) is 26.0 Å². The summed E-state index contributed by atoms with van der Waals surface area (Å²) in [5.41, 5.74) is -1.11. The van der Waals surface area contributed by atoms with Gasteiger partial charge in [0.25, 0.3) is 0 Å². The SMILES string of the molecule is CS(=O)(=O)NC1CCOC2(CCN(C(=O)CC3(O)CCC3)CC2)C1. The fraction of sp³-hybridized carbons (Fsp3) is 0.938. The number of piperidine rings is 1. The Hall–Kier alpha value is -0.700. The Morgan fingerprint density at radius 3 is 2.50 bits per heavy atom. The van der Waals surface area contributed by atoms with E-state index in [2.05, 4.69) is 4.72 Å². The molecule has 3 fully saturated rings. The Labute approximate surface area is 143 Å². The van der Waals surface area contributed by atoms with E-state index in [-0.39, 0.29) is 24.0 Å². The molecule has 0 aromatic heterocycles. The second kappa shape index (κ2) is 6.55. The summed E-state index contributed by atoms with van der Waals surface area (Å²) in [7, 11) is -3.22. The highest BCUT2D eigenvalue weighted by atomic mass is 32.2. The maximum Gasteiger partial charge on any atom is 0.225 e. The molecular formula is C16H28N2O5S. The van der Waals surface area contributed by atoms with Crippen molar-refractivity contribution >= 4 is 15.9 Å². The van der Waals surface area contributed by atoms with Crippen molar-refractivity contribution in [2.24, 2.45) is 0 Å². The van der Waals surface area contributed by atoms with Crippen molar-refractivity contribution in [1.82, 2.24) is 9.62 Å². The summed E-state index contributed by atoms with van der Waals surface area (Å²) >= 11 is 0. The van der Waals surface area contributed by atoms with E-state index in [4.69, 9.17) is 4.74 Å². The van der Waals surface area contributed by atoms with Crippen LogP contribution in [-0.2, 0) is 19.6 Å². The number of amides is 1. The number of nitrogens with zero attached hydrogens (tertiary/aromatic N) is 1. The van der Waals surface area contributed by atoms with E-state index < -0.39 is 15.6 Å². The Kier molecular flexibility index (Phi) is 4.94. The zero-order chi connectivity index (χ0) is 17.4. The average Bonchev–Trinajstić information content (AvgIpc) is 2.44. The first-order valence-corrected chi connectivity index (χ1v) is 10.7. The number of rotatable bonds is 4. The predicted octanol–water partition coefficient (Wildman–Crippen LogP) is 0.381. The zero-order valence-electron chi connectivity index (χ0n) is 14.3. The van der Waals surface area contributed by atoms with Crippen molar-refractivity contribution in [3.8, 4) is 0 Å². The quantitative estimate of drug-likeness (QED) is 0.756. The summed E-state index contributed by atoms with van der Waals surface area (Å²) in [6.45, 7) is 1.77. The predicted molar refractivity (Wildman–Crippen MR) is 88.9 cm³/mol. The number of hydrogen-bond donors (Lipinski definition) is 2. The van der Waals surface area contributed by atoms with Crippen LogP contribution in [0.1, 0.15) is 51.4 Å².